The lowest BCUT2D eigenvalue weighted by atomic mass is 10.2. The quantitative estimate of drug-likeness (QED) is 0.509. The lowest BCUT2D eigenvalue weighted by Gasteiger charge is -2.10. The largest absolute Gasteiger partial charge is 0.516 e. The van der Waals surface area contributed by atoms with Gasteiger partial charge in [-0.2, -0.15) is 21.6 Å². The van der Waals surface area contributed by atoms with Crippen molar-refractivity contribution in [3.05, 3.63) is 45.1 Å². The lowest BCUT2D eigenvalue weighted by molar-refractivity contribution is -0.0429. The fourth-order valence-electron chi connectivity index (χ4n) is 1.58. The molecule has 8 nitrogen and oxygen atoms in total. The number of fused-ring (bicyclic) bond motifs is 1. The van der Waals surface area contributed by atoms with Crippen LogP contribution in [0.25, 0.3) is 21.3 Å². The normalized spacial score (nSPS) is 12.0. The Morgan fingerprint density at radius 1 is 1.27 bits per heavy atom. The van der Waals surface area contributed by atoms with Gasteiger partial charge in [0.15, 0.2) is 0 Å². The lowest BCUT2D eigenvalue weighted by Crippen LogP contribution is -2.32. The molecule has 0 atom stereocenters. The summed E-state index contributed by atoms with van der Waals surface area (Å²) in [6.07, 6.45) is 0. The number of anilines is 1. The second-order valence-corrected chi connectivity index (χ2v) is 5.70. The predicted octanol–water partition coefficient (Wildman–Crippen LogP) is 2.73. The van der Waals surface area contributed by atoms with Gasteiger partial charge in [-0.1, -0.05) is 17.2 Å². The monoisotopic (exact) mass is 333 g/mol. The van der Waals surface area contributed by atoms with Crippen LogP contribution in [0.2, 0.25) is 0 Å². The minimum absolute atomic E-state index is 0.171. The van der Waals surface area contributed by atoms with Crippen molar-refractivity contribution >= 4 is 32.3 Å². The maximum absolute atomic E-state index is 12.3. The first kappa shape index (κ1) is 15.7. The number of nitrogens with one attached hydrogen (secondary N) is 2. The number of pyridine rings is 1. The molecule has 22 heavy (non-hydrogen) atoms. The summed E-state index contributed by atoms with van der Waals surface area (Å²) in [5.74, 6) is 0. The Balaban J connectivity index is 2.54. The maximum atomic E-state index is 12.3. The molecule has 0 amide bonds. The minimum Gasteiger partial charge on any atom is -0.320 e. The van der Waals surface area contributed by atoms with E-state index in [0.29, 0.717) is 0 Å². The summed E-state index contributed by atoms with van der Waals surface area (Å²) in [5, 5.41) is 3.55. The van der Waals surface area contributed by atoms with Gasteiger partial charge >= 0.3 is 15.5 Å². The first-order valence-corrected chi connectivity index (χ1v) is 6.93. The van der Waals surface area contributed by atoms with E-state index in [0.717, 1.165) is 6.07 Å². The summed E-state index contributed by atoms with van der Waals surface area (Å²) in [6.45, 7) is 0. The Kier molecular flexibility index (Phi) is 3.73. The molecule has 0 aliphatic carbocycles. The summed E-state index contributed by atoms with van der Waals surface area (Å²) in [6, 6.07) is 4.93. The van der Waals surface area contributed by atoms with E-state index in [9.17, 15) is 26.4 Å². The summed E-state index contributed by atoms with van der Waals surface area (Å²) in [4.78, 5) is 16.4. The van der Waals surface area contributed by atoms with Crippen LogP contribution in [0, 0.1) is 0 Å². The molecule has 0 bridgehead atoms. The predicted molar refractivity (Wildman–Crippen MR) is 72.0 cm³/mol. The number of nitrogens with zero attached hydrogens (tertiary/aromatic N) is 3. The van der Waals surface area contributed by atoms with Crippen LogP contribution in [0.1, 0.15) is 0 Å². The molecule has 0 saturated carbocycles. The summed E-state index contributed by atoms with van der Waals surface area (Å²) < 4.78 is 60.1. The van der Waals surface area contributed by atoms with Gasteiger partial charge in [0, 0.05) is 21.5 Å². The molecule has 1 aromatic carbocycles. The highest BCUT2D eigenvalue weighted by atomic mass is 32.2. The summed E-state index contributed by atoms with van der Waals surface area (Å²) in [7, 11) is -5.70. The third-order valence-corrected chi connectivity index (χ3v) is 3.64. The van der Waals surface area contributed by atoms with Gasteiger partial charge < -0.3 is 4.98 Å². The average molecular weight is 333 g/mol. The smallest absolute Gasteiger partial charge is 0.320 e. The molecule has 0 saturated heterocycles. The molecule has 0 radical (unpaired) electrons. The number of rotatable bonds is 3. The number of hydrogen-bond acceptors (Lipinski definition) is 4. The molecule has 0 unspecified atom stereocenters. The van der Waals surface area contributed by atoms with Gasteiger partial charge in [-0.25, -0.2) is 0 Å². The summed E-state index contributed by atoms with van der Waals surface area (Å²) >= 11 is 0. The van der Waals surface area contributed by atoms with Crippen LogP contribution in [-0.4, -0.2) is 18.9 Å². The van der Waals surface area contributed by atoms with E-state index in [4.69, 9.17) is 5.53 Å². The third-order valence-electron chi connectivity index (χ3n) is 2.54. The van der Waals surface area contributed by atoms with E-state index in [2.05, 4.69) is 15.0 Å². The van der Waals surface area contributed by atoms with Gasteiger partial charge in [0.05, 0.1) is 0 Å². The van der Waals surface area contributed by atoms with E-state index in [-0.39, 0.29) is 16.6 Å². The zero-order valence-electron chi connectivity index (χ0n) is 10.4. The van der Waals surface area contributed by atoms with Crippen molar-refractivity contribution < 1.29 is 21.6 Å². The number of hydrogen-bond donors (Lipinski definition) is 2. The van der Waals surface area contributed by atoms with Crippen molar-refractivity contribution in [2.75, 3.05) is 4.72 Å². The van der Waals surface area contributed by atoms with E-state index >= 15 is 0 Å². The molecule has 0 fully saturated rings. The molecular formula is C10H6F3N5O3S. The minimum atomic E-state index is -5.70. The number of alkyl halides is 3. The second-order valence-electron chi connectivity index (χ2n) is 4.02. The number of azide groups is 1. The Labute approximate surface area is 120 Å². The van der Waals surface area contributed by atoms with Gasteiger partial charge in [0.2, 0.25) is 0 Å². The highest BCUT2D eigenvalue weighted by Gasteiger charge is 2.46. The van der Waals surface area contributed by atoms with Crippen LogP contribution in [0.5, 0.6) is 0 Å². The molecule has 2 rings (SSSR count). The molecule has 2 N–H and O–H groups in total. The van der Waals surface area contributed by atoms with Crippen molar-refractivity contribution in [2.24, 2.45) is 5.11 Å². The van der Waals surface area contributed by atoms with Crippen molar-refractivity contribution in [1.29, 1.82) is 0 Å². The van der Waals surface area contributed by atoms with Crippen LogP contribution in [0.3, 0.4) is 0 Å². The highest BCUT2D eigenvalue weighted by Crippen LogP contribution is 2.26. The molecule has 1 aromatic heterocycles. The SMILES string of the molecule is [N-]=[N+]=Nc1ccc2cc(NS(=O)(=O)C(F)(F)F)c(=O)[nH]c2c1. The maximum Gasteiger partial charge on any atom is 0.516 e. The molecule has 0 spiro atoms. The van der Waals surface area contributed by atoms with Gasteiger partial charge in [-0.05, 0) is 17.7 Å². The van der Waals surface area contributed by atoms with Crippen molar-refractivity contribution in [2.45, 2.75) is 5.51 Å². The van der Waals surface area contributed by atoms with Crippen molar-refractivity contribution in [1.82, 2.24) is 4.98 Å². The van der Waals surface area contributed by atoms with Gasteiger partial charge in [0.1, 0.15) is 5.69 Å². The van der Waals surface area contributed by atoms with Crippen molar-refractivity contribution in [3.63, 3.8) is 0 Å². The second kappa shape index (κ2) is 5.24. The fraction of sp³-hybridized carbons (Fsp3) is 0.100. The first-order valence-electron chi connectivity index (χ1n) is 5.45. The van der Waals surface area contributed by atoms with Crippen LogP contribution in [-0.2, 0) is 10.0 Å². The Hall–Kier alpha value is -2.72. The van der Waals surface area contributed by atoms with Crippen LogP contribution in [0.15, 0.2) is 34.2 Å². The first-order chi connectivity index (χ1) is 10.1. The average Bonchev–Trinajstić information content (AvgIpc) is 2.38. The Bertz CT molecular complexity index is 944. The van der Waals surface area contributed by atoms with Gasteiger partial charge in [-0.3, -0.25) is 9.52 Å². The van der Waals surface area contributed by atoms with E-state index < -0.39 is 26.8 Å². The zero-order chi connectivity index (χ0) is 16.5. The molecule has 116 valence electrons. The van der Waals surface area contributed by atoms with Gasteiger partial charge in [-0.15, -0.1) is 0 Å². The highest BCUT2D eigenvalue weighted by molar-refractivity contribution is 7.93. The number of sulfonamides is 1. The number of halogens is 3. The number of aromatic amines is 1. The van der Waals surface area contributed by atoms with Gasteiger partial charge in [0.25, 0.3) is 5.56 Å². The van der Waals surface area contributed by atoms with E-state index in [1.165, 1.54) is 22.9 Å². The molecular weight excluding hydrogens is 327 g/mol. The molecule has 2 aromatic rings. The Morgan fingerprint density at radius 3 is 2.55 bits per heavy atom. The van der Waals surface area contributed by atoms with Crippen molar-refractivity contribution in [3.8, 4) is 0 Å². The number of H-pyrrole nitrogens is 1. The van der Waals surface area contributed by atoms with Crippen LogP contribution < -0.4 is 10.3 Å². The topological polar surface area (TPSA) is 128 Å². The van der Waals surface area contributed by atoms with Crippen LogP contribution >= 0.6 is 0 Å². The Morgan fingerprint density at radius 2 is 1.95 bits per heavy atom. The zero-order valence-corrected chi connectivity index (χ0v) is 11.2. The van der Waals surface area contributed by atoms with Crippen LogP contribution in [0.4, 0.5) is 24.5 Å². The molecule has 0 aliphatic rings. The third kappa shape index (κ3) is 2.97. The molecule has 0 aliphatic heterocycles. The number of aromatic nitrogens is 1. The molecule has 12 heteroatoms. The number of benzene rings is 1. The van der Waals surface area contributed by atoms with E-state index in [1.807, 2.05) is 0 Å². The standard InChI is InChI=1S/C10H6F3N5O3S/c11-10(12,13)22(20,21)17-8-3-5-1-2-6(16-18-14)4-7(5)15-9(8)19/h1-4,17H,(H,15,19). The fourth-order valence-corrected chi connectivity index (χ4v) is 2.14. The van der Waals surface area contributed by atoms with E-state index in [1.54, 1.807) is 0 Å². The molecule has 1 heterocycles. The summed E-state index contributed by atoms with van der Waals surface area (Å²) in [5.41, 5.74) is 1.25.